The van der Waals surface area contributed by atoms with Gasteiger partial charge < -0.3 is 15.0 Å². The maximum absolute atomic E-state index is 13.1. The number of nitrogens with zero attached hydrogens (tertiary/aromatic N) is 2. The van der Waals surface area contributed by atoms with E-state index >= 15 is 0 Å². The molecule has 28 heavy (non-hydrogen) atoms. The van der Waals surface area contributed by atoms with Crippen LogP contribution in [0.2, 0.25) is 0 Å². The number of ether oxygens (including phenoxy) is 1. The van der Waals surface area contributed by atoms with Gasteiger partial charge in [-0.25, -0.2) is 4.39 Å². The van der Waals surface area contributed by atoms with E-state index in [1.165, 1.54) is 24.3 Å². The first-order valence-corrected chi connectivity index (χ1v) is 9.16. The van der Waals surface area contributed by atoms with Gasteiger partial charge >= 0.3 is 0 Å². The van der Waals surface area contributed by atoms with Crippen LogP contribution >= 0.6 is 0 Å². The monoisotopic (exact) mass is 387 g/mol. The summed E-state index contributed by atoms with van der Waals surface area (Å²) in [6.07, 6.45) is 0.807. The number of hydrogen-bond donors (Lipinski definition) is 1. The number of morpholine rings is 1. The normalized spacial score (nSPS) is 16.6. The number of nitro groups is 1. The minimum Gasteiger partial charge on any atom is -0.385 e. The first kappa shape index (κ1) is 19.8. The minimum atomic E-state index is -0.440. The molecule has 1 aliphatic heterocycles. The topological polar surface area (TPSA) is 84.7 Å². The number of hydrogen-bond acceptors (Lipinski definition) is 5. The van der Waals surface area contributed by atoms with Crippen LogP contribution in [-0.2, 0) is 9.53 Å². The summed E-state index contributed by atoms with van der Waals surface area (Å²) in [7, 11) is 0. The molecule has 148 valence electrons. The molecule has 0 bridgehead atoms. The summed E-state index contributed by atoms with van der Waals surface area (Å²) in [5.74, 6) is -0.242. The number of non-ortho nitro benzene ring substituents is 1. The Morgan fingerprint density at radius 3 is 2.61 bits per heavy atom. The van der Waals surface area contributed by atoms with Crippen LogP contribution in [0.1, 0.15) is 24.5 Å². The highest BCUT2D eigenvalue weighted by atomic mass is 19.1. The van der Waals surface area contributed by atoms with Gasteiger partial charge in [-0.3, -0.25) is 14.9 Å². The summed E-state index contributed by atoms with van der Waals surface area (Å²) in [4.78, 5) is 24.5. The minimum absolute atomic E-state index is 0.0451. The first-order chi connectivity index (χ1) is 13.5. The summed E-state index contributed by atoms with van der Waals surface area (Å²) in [5.41, 5.74) is 1.68. The molecule has 8 heteroatoms. The fourth-order valence-electron chi connectivity index (χ4n) is 3.09. The fourth-order valence-corrected chi connectivity index (χ4v) is 3.09. The number of halogens is 1. The molecule has 7 nitrogen and oxygen atoms in total. The number of carbonyl (C=O) groups excluding carboxylic acids is 1. The Kier molecular flexibility index (Phi) is 6.54. The average molecular weight is 387 g/mol. The SMILES string of the molecule is O=C(CCCNc1ccc([N+](=O)[O-])cc1)N1CCOC(c2ccc(F)cc2)C1. The molecule has 0 saturated carbocycles. The maximum atomic E-state index is 13.1. The Labute approximate surface area is 162 Å². The second-order valence-electron chi connectivity index (χ2n) is 6.59. The highest BCUT2D eigenvalue weighted by molar-refractivity contribution is 5.76. The number of rotatable bonds is 7. The van der Waals surface area contributed by atoms with Crippen molar-refractivity contribution in [1.29, 1.82) is 0 Å². The third kappa shape index (κ3) is 5.26. The smallest absolute Gasteiger partial charge is 0.269 e. The fraction of sp³-hybridized carbons (Fsp3) is 0.350. The summed E-state index contributed by atoms with van der Waals surface area (Å²) >= 11 is 0. The maximum Gasteiger partial charge on any atom is 0.269 e. The van der Waals surface area contributed by atoms with E-state index in [-0.39, 0.29) is 23.5 Å². The van der Waals surface area contributed by atoms with Crippen molar-refractivity contribution >= 4 is 17.3 Å². The van der Waals surface area contributed by atoms with Crippen LogP contribution < -0.4 is 5.32 Å². The highest BCUT2D eigenvalue weighted by Gasteiger charge is 2.25. The van der Waals surface area contributed by atoms with Gasteiger partial charge in [0.2, 0.25) is 5.91 Å². The third-order valence-corrected chi connectivity index (χ3v) is 4.64. The van der Waals surface area contributed by atoms with Crippen LogP contribution in [0.4, 0.5) is 15.8 Å². The molecule has 1 amide bonds. The van der Waals surface area contributed by atoms with Crippen LogP contribution in [0.15, 0.2) is 48.5 Å². The van der Waals surface area contributed by atoms with Gasteiger partial charge in [0, 0.05) is 37.3 Å². The average Bonchev–Trinajstić information content (AvgIpc) is 2.72. The molecule has 1 fully saturated rings. The van der Waals surface area contributed by atoms with Crippen molar-refractivity contribution < 1.29 is 18.8 Å². The number of carbonyl (C=O) groups is 1. The lowest BCUT2D eigenvalue weighted by Gasteiger charge is -2.33. The van der Waals surface area contributed by atoms with Crippen LogP contribution in [0.3, 0.4) is 0 Å². The molecule has 1 atom stereocenters. The molecular weight excluding hydrogens is 365 g/mol. The zero-order valence-corrected chi connectivity index (χ0v) is 15.3. The lowest BCUT2D eigenvalue weighted by atomic mass is 10.1. The first-order valence-electron chi connectivity index (χ1n) is 9.16. The second kappa shape index (κ2) is 9.27. The Bertz CT molecular complexity index is 811. The van der Waals surface area contributed by atoms with E-state index in [0.29, 0.717) is 39.1 Å². The molecule has 0 aliphatic carbocycles. The quantitative estimate of drug-likeness (QED) is 0.446. The van der Waals surface area contributed by atoms with Crippen molar-refractivity contribution in [3.63, 3.8) is 0 Å². The molecule has 3 rings (SSSR count). The third-order valence-electron chi connectivity index (χ3n) is 4.64. The Hall–Kier alpha value is -3.00. The van der Waals surface area contributed by atoms with Crippen LogP contribution in [0.5, 0.6) is 0 Å². The van der Waals surface area contributed by atoms with Crippen LogP contribution in [0, 0.1) is 15.9 Å². The van der Waals surface area contributed by atoms with Gasteiger partial charge in [0.1, 0.15) is 11.9 Å². The molecule has 1 unspecified atom stereocenters. The van der Waals surface area contributed by atoms with Crippen LogP contribution in [-0.4, -0.2) is 42.0 Å². The van der Waals surface area contributed by atoms with Gasteiger partial charge in [-0.1, -0.05) is 12.1 Å². The predicted molar refractivity (Wildman–Crippen MR) is 102 cm³/mol. The molecule has 0 aromatic heterocycles. The van der Waals surface area contributed by atoms with Crippen LogP contribution in [0.25, 0.3) is 0 Å². The molecule has 2 aromatic rings. The molecule has 0 radical (unpaired) electrons. The van der Waals surface area contributed by atoms with E-state index < -0.39 is 4.92 Å². The van der Waals surface area contributed by atoms with E-state index in [1.807, 2.05) is 0 Å². The van der Waals surface area contributed by atoms with Crippen molar-refractivity contribution in [2.75, 3.05) is 31.6 Å². The molecule has 1 aliphatic rings. The van der Waals surface area contributed by atoms with Gasteiger partial charge in [-0.15, -0.1) is 0 Å². The van der Waals surface area contributed by atoms with Gasteiger partial charge in [-0.2, -0.15) is 0 Å². The van der Waals surface area contributed by atoms with Gasteiger partial charge in [-0.05, 0) is 36.2 Å². The van der Waals surface area contributed by atoms with E-state index in [1.54, 1.807) is 29.2 Å². The van der Waals surface area contributed by atoms with E-state index in [2.05, 4.69) is 5.32 Å². The Morgan fingerprint density at radius 1 is 1.21 bits per heavy atom. The van der Waals surface area contributed by atoms with Crippen molar-refractivity contribution in [3.05, 3.63) is 70.0 Å². The Morgan fingerprint density at radius 2 is 1.93 bits per heavy atom. The molecule has 2 aromatic carbocycles. The van der Waals surface area contributed by atoms with Crippen molar-refractivity contribution in [2.45, 2.75) is 18.9 Å². The van der Waals surface area contributed by atoms with Crippen molar-refractivity contribution in [2.24, 2.45) is 0 Å². The van der Waals surface area contributed by atoms with Gasteiger partial charge in [0.05, 0.1) is 18.1 Å². The highest BCUT2D eigenvalue weighted by Crippen LogP contribution is 2.23. The lowest BCUT2D eigenvalue weighted by Crippen LogP contribution is -2.42. The number of anilines is 1. The predicted octanol–water partition coefficient (Wildman–Crippen LogP) is 3.53. The zero-order chi connectivity index (χ0) is 19.9. The van der Waals surface area contributed by atoms with Gasteiger partial charge in [0.25, 0.3) is 5.69 Å². The Balaban J connectivity index is 1.42. The largest absolute Gasteiger partial charge is 0.385 e. The lowest BCUT2D eigenvalue weighted by molar-refractivity contribution is -0.384. The number of nitrogens with one attached hydrogen (secondary N) is 1. The number of nitro benzene ring substituents is 1. The van der Waals surface area contributed by atoms with E-state index in [9.17, 15) is 19.3 Å². The van der Waals surface area contributed by atoms with Crippen molar-refractivity contribution in [3.8, 4) is 0 Å². The summed E-state index contributed by atoms with van der Waals surface area (Å²) in [6.45, 7) is 2.05. The standard InChI is InChI=1S/C20H22FN3O4/c21-16-5-3-15(4-6-16)19-14-23(12-13-28-19)20(25)2-1-11-22-17-7-9-18(10-8-17)24(26)27/h3-10,19,22H,1-2,11-14H2. The molecule has 0 spiro atoms. The molecule has 1 N–H and O–H groups in total. The number of benzene rings is 2. The van der Waals surface area contributed by atoms with E-state index in [0.717, 1.165) is 11.3 Å². The van der Waals surface area contributed by atoms with E-state index in [4.69, 9.17) is 4.74 Å². The molecular formula is C20H22FN3O4. The molecule has 1 heterocycles. The second-order valence-corrected chi connectivity index (χ2v) is 6.59. The summed E-state index contributed by atoms with van der Waals surface area (Å²) < 4.78 is 18.8. The summed E-state index contributed by atoms with van der Waals surface area (Å²) in [6, 6.07) is 12.3. The zero-order valence-electron chi connectivity index (χ0n) is 15.3. The number of amides is 1. The summed E-state index contributed by atoms with van der Waals surface area (Å²) in [5, 5.41) is 13.8. The molecule has 1 saturated heterocycles. The van der Waals surface area contributed by atoms with Gasteiger partial charge in [0.15, 0.2) is 0 Å². The van der Waals surface area contributed by atoms with Crippen molar-refractivity contribution in [1.82, 2.24) is 4.90 Å².